The van der Waals surface area contributed by atoms with Gasteiger partial charge in [-0.15, -0.1) is 0 Å². The van der Waals surface area contributed by atoms with Crippen molar-refractivity contribution in [1.29, 1.82) is 0 Å². The zero-order chi connectivity index (χ0) is 21.1. The van der Waals surface area contributed by atoms with Gasteiger partial charge in [-0.05, 0) is 45.0 Å². The van der Waals surface area contributed by atoms with Crippen LogP contribution in [0.2, 0.25) is 0 Å². The molecule has 1 aliphatic rings. The minimum absolute atomic E-state index is 0.0952. The van der Waals surface area contributed by atoms with Crippen molar-refractivity contribution in [2.24, 2.45) is 0 Å². The van der Waals surface area contributed by atoms with Gasteiger partial charge in [0.1, 0.15) is 23.3 Å². The number of pyridine rings is 1. The van der Waals surface area contributed by atoms with Gasteiger partial charge in [0, 0.05) is 44.0 Å². The number of benzene rings is 1. The molecule has 0 radical (unpaired) electrons. The Morgan fingerprint density at radius 2 is 1.63 bits per heavy atom. The Morgan fingerprint density at radius 3 is 2.30 bits per heavy atom. The first-order valence-corrected chi connectivity index (χ1v) is 10.1. The summed E-state index contributed by atoms with van der Waals surface area (Å²) in [7, 11) is 0. The third kappa shape index (κ3) is 4.56. The van der Waals surface area contributed by atoms with Crippen molar-refractivity contribution in [2.75, 3.05) is 36.4 Å². The first kappa shape index (κ1) is 19.8. The SMILES string of the molecule is Cc1cc(C)cc(C(=O)N2CCN(c3cc(Nc4ccccn4)nc(C)n3)CC2)c1. The fraction of sp³-hybridized carbons (Fsp3) is 0.304. The van der Waals surface area contributed by atoms with Crippen LogP contribution in [-0.2, 0) is 0 Å². The third-order valence-electron chi connectivity index (χ3n) is 5.10. The molecule has 3 heterocycles. The molecule has 1 saturated heterocycles. The molecule has 0 aliphatic carbocycles. The van der Waals surface area contributed by atoms with Crippen LogP contribution in [0.4, 0.5) is 17.5 Å². The third-order valence-corrected chi connectivity index (χ3v) is 5.10. The molecule has 1 N–H and O–H groups in total. The topological polar surface area (TPSA) is 74.2 Å². The lowest BCUT2D eigenvalue weighted by Gasteiger charge is -2.35. The van der Waals surface area contributed by atoms with E-state index in [-0.39, 0.29) is 5.91 Å². The number of amides is 1. The molecule has 7 heteroatoms. The van der Waals surface area contributed by atoms with E-state index in [1.165, 1.54) is 0 Å². The van der Waals surface area contributed by atoms with Gasteiger partial charge >= 0.3 is 0 Å². The van der Waals surface area contributed by atoms with Crippen molar-refractivity contribution >= 4 is 23.4 Å². The van der Waals surface area contributed by atoms with Gasteiger partial charge in [0.2, 0.25) is 0 Å². The van der Waals surface area contributed by atoms with E-state index < -0.39 is 0 Å². The highest BCUT2D eigenvalue weighted by atomic mass is 16.2. The van der Waals surface area contributed by atoms with Gasteiger partial charge in [0.15, 0.2) is 0 Å². The van der Waals surface area contributed by atoms with Crippen molar-refractivity contribution in [3.05, 3.63) is 71.2 Å². The Bertz CT molecular complexity index is 1020. The number of carbonyl (C=O) groups is 1. The Morgan fingerprint density at radius 1 is 0.900 bits per heavy atom. The molecule has 0 bridgehead atoms. The second-order valence-corrected chi connectivity index (χ2v) is 7.65. The normalized spacial score (nSPS) is 14.0. The monoisotopic (exact) mass is 402 g/mol. The summed E-state index contributed by atoms with van der Waals surface area (Å²) in [6.45, 7) is 8.72. The van der Waals surface area contributed by atoms with Crippen LogP contribution >= 0.6 is 0 Å². The zero-order valence-corrected chi connectivity index (χ0v) is 17.6. The number of piperazine rings is 1. The molecule has 1 aliphatic heterocycles. The van der Waals surface area contributed by atoms with Crippen molar-refractivity contribution in [3.63, 3.8) is 0 Å². The first-order chi connectivity index (χ1) is 14.5. The summed E-state index contributed by atoms with van der Waals surface area (Å²) in [5, 5.41) is 3.23. The fourth-order valence-electron chi connectivity index (χ4n) is 3.77. The quantitative estimate of drug-likeness (QED) is 0.720. The molecular weight excluding hydrogens is 376 g/mol. The lowest BCUT2D eigenvalue weighted by molar-refractivity contribution is 0.0746. The molecule has 30 heavy (non-hydrogen) atoms. The molecule has 0 unspecified atom stereocenters. The van der Waals surface area contributed by atoms with Crippen molar-refractivity contribution in [3.8, 4) is 0 Å². The highest BCUT2D eigenvalue weighted by Crippen LogP contribution is 2.21. The minimum Gasteiger partial charge on any atom is -0.353 e. The molecule has 0 spiro atoms. The van der Waals surface area contributed by atoms with Crippen molar-refractivity contribution in [1.82, 2.24) is 19.9 Å². The summed E-state index contributed by atoms with van der Waals surface area (Å²) in [6, 6.07) is 13.6. The number of hydrogen-bond donors (Lipinski definition) is 1. The summed E-state index contributed by atoms with van der Waals surface area (Å²) in [4.78, 5) is 30.4. The van der Waals surface area contributed by atoms with Crippen LogP contribution in [0, 0.1) is 20.8 Å². The lowest BCUT2D eigenvalue weighted by Crippen LogP contribution is -2.49. The van der Waals surface area contributed by atoms with Gasteiger partial charge in [-0.2, -0.15) is 0 Å². The number of nitrogens with one attached hydrogen (secondary N) is 1. The van der Waals surface area contributed by atoms with E-state index in [0.29, 0.717) is 24.7 Å². The van der Waals surface area contributed by atoms with Gasteiger partial charge < -0.3 is 15.1 Å². The molecule has 154 valence electrons. The Hall–Kier alpha value is -3.48. The lowest BCUT2D eigenvalue weighted by atomic mass is 10.1. The van der Waals surface area contributed by atoms with Crippen LogP contribution in [0.5, 0.6) is 0 Å². The Kier molecular flexibility index (Phi) is 5.61. The summed E-state index contributed by atoms with van der Waals surface area (Å²) in [5.74, 6) is 3.10. The first-order valence-electron chi connectivity index (χ1n) is 10.1. The molecule has 3 aromatic rings. The smallest absolute Gasteiger partial charge is 0.253 e. The van der Waals surface area contributed by atoms with Crippen LogP contribution in [0.1, 0.15) is 27.3 Å². The predicted molar refractivity (Wildman–Crippen MR) is 118 cm³/mol. The number of nitrogens with zero attached hydrogens (tertiary/aromatic N) is 5. The van der Waals surface area contributed by atoms with Crippen LogP contribution in [0.15, 0.2) is 48.7 Å². The van der Waals surface area contributed by atoms with Gasteiger partial charge in [-0.25, -0.2) is 15.0 Å². The minimum atomic E-state index is 0.0952. The molecule has 1 aromatic carbocycles. The van der Waals surface area contributed by atoms with Crippen LogP contribution < -0.4 is 10.2 Å². The molecule has 7 nitrogen and oxygen atoms in total. The molecule has 4 rings (SSSR count). The second kappa shape index (κ2) is 8.49. The van der Waals surface area contributed by atoms with Gasteiger partial charge in [0.25, 0.3) is 5.91 Å². The van der Waals surface area contributed by atoms with Crippen LogP contribution in [0.3, 0.4) is 0 Å². The van der Waals surface area contributed by atoms with Crippen molar-refractivity contribution < 1.29 is 4.79 Å². The van der Waals surface area contributed by atoms with E-state index in [0.717, 1.165) is 41.4 Å². The van der Waals surface area contributed by atoms with Crippen LogP contribution in [-0.4, -0.2) is 51.9 Å². The Balaban J connectivity index is 1.44. The van der Waals surface area contributed by atoms with Gasteiger partial charge in [0.05, 0.1) is 0 Å². The van der Waals surface area contributed by atoms with E-state index >= 15 is 0 Å². The molecule has 1 amide bonds. The van der Waals surface area contributed by atoms with E-state index in [4.69, 9.17) is 0 Å². The molecule has 2 aromatic heterocycles. The van der Waals surface area contributed by atoms with E-state index in [1.54, 1.807) is 6.20 Å². The van der Waals surface area contributed by atoms with E-state index in [1.807, 2.05) is 62.1 Å². The van der Waals surface area contributed by atoms with Crippen molar-refractivity contribution in [2.45, 2.75) is 20.8 Å². The zero-order valence-electron chi connectivity index (χ0n) is 17.6. The largest absolute Gasteiger partial charge is 0.353 e. The summed E-state index contributed by atoms with van der Waals surface area (Å²) < 4.78 is 0. The average Bonchev–Trinajstić information content (AvgIpc) is 2.73. The maximum absolute atomic E-state index is 12.9. The fourth-order valence-corrected chi connectivity index (χ4v) is 3.77. The Labute approximate surface area is 176 Å². The molecule has 0 atom stereocenters. The standard InChI is InChI=1S/C23H26N6O/c1-16-12-17(2)14-19(13-16)23(30)29-10-8-28(9-11-29)22-15-21(25-18(3)26-22)27-20-6-4-5-7-24-20/h4-7,12-15H,8-11H2,1-3H3,(H,24,25,26,27). The highest BCUT2D eigenvalue weighted by molar-refractivity contribution is 5.94. The summed E-state index contributed by atoms with van der Waals surface area (Å²) in [6.07, 6.45) is 1.74. The average molecular weight is 403 g/mol. The second-order valence-electron chi connectivity index (χ2n) is 7.65. The van der Waals surface area contributed by atoms with E-state index in [2.05, 4.69) is 31.2 Å². The number of rotatable bonds is 4. The summed E-state index contributed by atoms with van der Waals surface area (Å²) in [5.41, 5.74) is 2.99. The summed E-state index contributed by atoms with van der Waals surface area (Å²) >= 11 is 0. The molecule has 0 saturated carbocycles. The maximum atomic E-state index is 12.9. The number of hydrogen-bond acceptors (Lipinski definition) is 6. The van der Waals surface area contributed by atoms with Gasteiger partial charge in [-0.3, -0.25) is 4.79 Å². The highest BCUT2D eigenvalue weighted by Gasteiger charge is 2.23. The number of aromatic nitrogens is 3. The predicted octanol–water partition coefficient (Wildman–Crippen LogP) is 3.50. The number of anilines is 3. The molecule has 1 fully saturated rings. The number of carbonyl (C=O) groups excluding carboxylic acids is 1. The number of aryl methyl sites for hydroxylation is 3. The van der Waals surface area contributed by atoms with E-state index in [9.17, 15) is 4.79 Å². The maximum Gasteiger partial charge on any atom is 0.253 e. The van der Waals surface area contributed by atoms with Crippen LogP contribution in [0.25, 0.3) is 0 Å². The molecular formula is C23H26N6O. The van der Waals surface area contributed by atoms with Gasteiger partial charge in [-0.1, -0.05) is 23.3 Å².